The highest BCUT2D eigenvalue weighted by Crippen LogP contribution is 2.47. The Morgan fingerprint density at radius 3 is 2.59 bits per heavy atom. The lowest BCUT2D eigenvalue weighted by atomic mass is 10.1. The molecule has 2 aliphatic rings. The number of piperazine rings is 1. The predicted molar refractivity (Wildman–Crippen MR) is 106 cm³/mol. The number of hydrogen-bond donors (Lipinski definition) is 1. The lowest BCUT2D eigenvalue weighted by Gasteiger charge is -2.26. The van der Waals surface area contributed by atoms with E-state index in [0.717, 1.165) is 53.1 Å². The van der Waals surface area contributed by atoms with E-state index in [0.29, 0.717) is 5.92 Å². The Kier molecular flexibility index (Phi) is 4.33. The van der Waals surface area contributed by atoms with Gasteiger partial charge in [-0.25, -0.2) is 19.3 Å². The molecule has 138 valence electrons. The number of thiazole rings is 1. The van der Waals surface area contributed by atoms with Crippen molar-refractivity contribution in [2.24, 2.45) is 0 Å². The smallest absolute Gasteiger partial charge is 0.186 e. The minimum atomic E-state index is -0.237. The fourth-order valence-electron chi connectivity index (χ4n) is 3.49. The Morgan fingerprint density at radius 2 is 1.85 bits per heavy atom. The van der Waals surface area contributed by atoms with Gasteiger partial charge in [0.2, 0.25) is 0 Å². The van der Waals surface area contributed by atoms with E-state index in [-0.39, 0.29) is 5.82 Å². The highest BCUT2D eigenvalue weighted by Gasteiger charge is 2.30. The lowest BCUT2D eigenvalue weighted by Crippen LogP contribution is -2.43. The Morgan fingerprint density at radius 1 is 1.07 bits per heavy atom. The summed E-state index contributed by atoms with van der Waals surface area (Å²) in [5.41, 5.74) is 3.99. The van der Waals surface area contributed by atoms with E-state index in [1.54, 1.807) is 29.8 Å². The summed E-state index contributed by atoms with van der Waals surface area (Å²) in [4.78, 5) is 17.2. The van der Waals surface area contributed by atoms with Crippen molar-refractivity contribution in [3.05, 3.63) is 48.2 Å². The van der Waals surface area contributed by atoms with Crippen molar-refractivity contribution in [2.45, 2.75) is 18.8 Å². The first kappa shape index (κ1) is 16.8. The number of halogens is 1. The quantitative estimate of drug-likeness (QED) is 0.747. The maximum absolute atomic E-state index is 13.4. The van der Waals surface area contributed by atoms with Crippen molar-refractivity contribution >= 4 is 16.5 Å². The third kappa shape index (κ3) is 3.33. The average molecular weight is 381 g/mol. The van der Waals surface area contributed by atoms with E-state index < -0.39 is 0 Å². The number of hydrogen-bond acceptors (Lipinski definition) is 6. The van der Waals surface area contributed by atoms with Crippen molar-refractivity contribution < 1.29 is 4.39 Å². The van der Waals surface area contributed by atoms with Gasteiger partial charge in [0.1, 0.15) is 12.1 Å². The molecule has 2 aromatic heterocycles. The van der Waals surface area contributed by atoms with E-state index >= 15 is 0 Å². The van der Waals surface area contributed by atoms with Crippen molar-refractivity contribution in [3.8, 4) is 21.8 Å². The first-order chi connectivity index (χ1) is 13.3. The first-order valence-electron chi connectivity index (χ1n) is 9.32. The Labute approximate surface area is 161 Å². The van der Waals surface area contributed by atoms with E-state index in [2.05, 4.69) is 20.2 Å². The molecule has 1 saturated carbocycles. The largest absolute Gasteiger partial charge is 0.346 e. The average Bonchev–Trinajstić information content (AvgIpc) is 3.48. The highest BCUT2D eigenvalue weighted by atomic mass is 32.1. The summed E-state index contributed by atoms with van der Waals surface area (Å²) >= 11 is 1.68. The normalized spacial score (nSPS) is 17.3. The summed E-state index contributed by atoms with van der Waals surface area (Å²) < 4.78 is 13.4. The van der Waals surface area contributed by atoms with E-state index in [4.69, 9.17) is 4.98 Å². The van der Waals surface area contributed by atoms with Gasteiger partial charge in [-0.3, -0.25) is 0 Å². The molecule has 0 spiro atoms. The zero-order chi connectivity index (χ0) is 18.2. The molecule has 0 bridgehead atoms. The highest BCUT2D eigenvalue weighted by molar-refractivity contribution is 7.19. The Balaban J connectivity index is 1.64. The molecule has 5 rings (SSSR count). The minimum absolute atomic E-state index is 0.237. The topological polar surface area (TPSA) is 53.9 Å². The van der Waals surface area contributed by atoms with Crippen LogP contribution in [0.5, 0.6) is 0 Å². The van der Waals surface area contributed by atoms with Crippen LogP contribution in [0.4, 0.5) is 9.52 Å². The molecule has 3 aromatic rings. The SMILES string of the molecule is Fc1ccc(-c2nc(N3CCNCC3)sc2-c2ncncc2C2CC2)cc1. The Hall–Kier alpha value is -2.38. The van der Waals surface area contributed by atoms with Crippen LogP contribution >= 0.6 is 11.3 Å². The van der Waals surface area contributed by atoms with Crippen LogP contribution < -0.4 is 10.2 Å². The van der Waals surface area contributed by atoms with E-state index in [1.807, 2.05) is 6.20 Å². The molecule has 1 N–H and O–H groups in total. The summed E-state index contributed by atoms with van der Waals surface area (Å²) in [6.45, 7) is 3.80. The fraction of sp³-hybridized carbons (Fsp3) is 0.350. The number of nitrogens with zero attached hydrogens (tertiary/aromatic N) is 4. The monoisotopic (exact) mass is 381 g/mol. The summed E-state index contributed by atoms with van der Waals surface area (Å²) in [5, 5.41) is 4.39. The number of benzene rings is 1. The van der Waals surface area contributed by atoms with Gasteiger partial charge in [-0.2, -0.15) is 0 Å². The van der Waals surface area contributed by atoms with Crippen LogP contribution in [-0.4, -0.2) is 41.1 Å². The molecule has 1 aromatic carbocycles. The second-order valence-corrected chi connectivity index (χ2v) is 8.00. The van der Waals surface area contributed by atoms with Crippen LogP contribution in [-0.2, 0) is 0 Å². The lowest BCUT2D eigenvalue weighted by molar-refractivity contribution is 0.588. The molecule has 1 aliphatic heterocycles. The van der Waals surface area contributed by atoms with Gasteiger partial charge >= 0.3 is 0 Å². The molecule has 0 atom stereocenters. The standard InChI is InChI=1S/C20H20FN5S/c21-15-5-3-14(4-6-15)17-19(18-16(13-1-2-13)11-23-12-24-18)27-20(25-17)26-9-7-22-8-10-26/h3-6,11-13,22H,1-2,7-10H2. The summed E-state index contributed by atoms with van der Waals surface area (Å²) in [7, 11) is 0. The molecular weight excluding hydrogens is 361 g/mol. The van der Waals surface area contributed by atoms with Crippen LogP contribution in [0.1, 0.15) is 24.3 Å². The van der Waals surface area contributed by atoms with Gasteiger partial charge in [0, 0.05) is 43.5 Å². The van der Waals surface area contributed by atoms with Crippen LogP contribution in [0.2, 0.25) is 0 Å². The molecule has 1 aliphatic carbocycles. The van der Waals surface area contributed by atoms with Crippen LogP contribution in [0.3, 0.4) is 0 Å². The first-order valence-corrected chi connectivity index (χ1v) is 10.1. The van der Waals surface area contributed by atoms with Crippen molar-refractivity contribution in [1.29, 1.82) is 0 Å². The van der Waals surface area contributed by atoms with Gasteiger partial charge in [-0.05, 0) is 43.0 Å². The molecule has 0 amide bonds. The molecule has 1 saturated heterocycles. The van der Waals surface area contributed by atoms with Gasteiger partial charge in [-0.15, -0.1) is 0 Å². The molecule has 5 nitrogen and oxygen atoms in total. The molecule has 7 heteroatoms. The van der Waals surface area contributed by atoms with Gasteiger partial charge < -0.3 is 10.2 Å². The summed E-state index contributed by atoms with van der Waals surface area (Å²) in [6, 6.07) is 6.58. The van der Waals surface area contributed by atoms with Crippen LogP contribution in [0.25, 0.3) is 21.8 Å². The maximum atomic E-state index is 13.4. The summed E-state index contributed by atoms with van der Waals surface area (Å²) in [5.74, 6) is 0.311. The molecule has 3 heterocycles. The van der Waals surface area contributed by atoms with Crippen molar-refractivity contribution in [3.63, 3.8) is 0 Å². The van der Waals surface area contributed by atoms with Gasteiger partial charge in [0.15, 0.2) is 5.13 Å². The molecule has 2 fully saturated rings. The number of aromatic nitrogens is 3. The zero-order valence-corrected chi connectivity index (χ0v) is 15.7. The number of rotatable bonds is 4. The van der Waals surface area contributed by atoms with Crippen molar-refractivity contribution in [1.82, 2.24) is 20.3 Å². The zero-order valence-electron chi connectivity index (χ0n) is 14.9. The Bertz CT molecular complexity index is 945. The van der Waals surface area contributed by atoms with Crippen molar-refractivity contribution in [2.75, 3.05) is 31.1 Å². The third-order valence-corrected chi connectivity index (χ3v) is 6.22. The minimum Gasteiger partial charge on any atom is -0.346 e. The van der Waals surface area contributed by atoms with Crippen LogP contribution in [0.15, 0.2) is 36.8 Å². The van der Waals surface area contributed by atoms with Gasteiger partial charge in [0.05, 0.1) is 16.3 Å². The molecule has 0 unspecified atom stereocenters. The molecular formula is C20H20FN5S. The summed E-state index contributed by atoms with van der Waals surface area (Å²) in [6.07, 6.45) is 5.93. The second-order valence-electron chi connectivity index (χ2n) is 7.02. The third-order valence-electron chi connectivity index (χ3n) is 5.09. The fourth-order valence-corrected chi connectivity index (χ4v) is 4.65. The maximum Gasteiger partial charge on any atom is 0.186 e. The molecule has 0 radical (unpaired) electrons. The van der Waals surface area contributed by atoms with E-state index in [1.165, 1.54) is 30.5 Å². The molecule has 27 heavy (non-hydrogen) atoms. The van der Waals surface area contributed by atoms with Gasteiger partial charge in [0.25, 0.3) is 0 Å². The van der Waals surface area contributed by atoms with E-state index in [9.17, 15) is 4.39 Å². The van der Waals surface area contributed by atoms with Gasteiger partial charge in [-0.1, -0.05) is 11.3 Å². The number of anilines is 1. The van der Waals surface area contributed by atoms with Crippen LogP contribution in [0, 0.1) is 5.82 Å². The second kappa shape index (κ2) is 6.98. The number of nitrogens with one attached hydrogen (secondary N) is 1. The predicted octanol–water partition coefficient (Wildman–Crippen LogP) is 3.69.